The lowest BCUT2D eigenvalue weighted by molar-refractivity contribution is 0.153. The topological polar surface area (TPSA) is 0 Å². The summed E-state index contributed by atoms with van der Waals surface area (Å²) >= 11 is 12.9. The van der Waals surface area contributed by atoms with Crippen LogP contribution in [0.1, 0.15) is 12.0 Å². The van der Waals surface area contributed by atoms with Crippen LogP contribution in [0.4, 0.5) is 8.78 Å². The van der Waals surface area contributed by atoms with E-state index in [0.717, 1.165) is 0 Å². The molecule has 0 amide bonds. The SMILES string of the molecule is FC(F)c1ccc(Cl)c2c(Cl)csc12. The Labute approximate surface area is 93.1 Å². The molecule has 1 aromatic heterocycles. The maximum Gasteiger partial charge on any atom is 0.265 e. The van der Waals surface area contributed by atoms with Crippen molar-refractivity contribution in [1.29, 1.82) is 0 Å². The number of fused-ring (bicyclic) bond motifs is 1. The van der Waals surface area contributed by atoms with E-state index in [4.69, 9.17) is 23.2 Å². The second-order valence-electron chi connectivity index (χ2n) is 2.73. The van der Waals surface area contributed by atoms with Gasteiger partial charge in [-0.05, 0) is 6.07 Å². The second kappa shape index (κ2) is 3.65. The largest absolute Gasteiger partial charge is 0.265 e. The van der Waals surface area contributed by atoms with Crippen molar-refractivity contribution in [3.8, 4) is 0 Å². The van der Waals surface area contributed by atoms with E-state index >= 15 is 0 Å². The van der Waals surface area contributed by atoms with E-state index < -0.39 is 6.43 Å². The first-order valence-corrected chi connectivity index (χ1v) is 5.38. The molecule has 1 aromatic carbocycles. The molecule has 0 N–H and O–H groups in total. The predicted octanol–water partition coefficient (Wildman–Crippen LogP) is 5.15. The van der Waals surface area contributed by atoms with Gasteiger partial charge in [-0.1, -0.05) is 29.3 Å². The summed E-state index contributed by atoms with van der Waals surface area (Å²) < 4.78 is 25.6. The summed E-state index contributed by atoms with van der Waals surface area (Å²) in [6.45, 7) is 0. The molecule has 0 aliphatic carbocycles. The summed E-state index contributed by atoms with van der Waals surface area (Å²) in [4.78, 5) is 0. The van der Waals surface area contributed by atoms with Crippen molar-refractivity contribution in [2.45, 2.75) is 6.43 Å². The number of benzene rings is 1. The van der Waals surface area contributed by atoms with Crippen LogP contribution in [-0.2, 0) is 0 Å². The lowest BCUT2D eigenvalue weighted by Gasteiger charge is -2.02. The zero-order valence-electron chi connectivity index (χ0n) is 6.73. The van der Waals surface area contributed by atoms with E-state index in [1.165, 1.54) is 23.5 Å². The Bertz CT molecular complexity index is 479. The summed E-state index contributed by atoms with van der Waals surface area (Å²) in [5, 5.41) is 2.98. The maximum atomic E-state index is 12.6. The normalized spacial score (nSPS) is 11.5. The number of alkyl halides is 2. The number of halogens is 4. The van der Waals surface area contributed by atoms with E-state index in [1.54, 1.807) is 5.38 Å². The van der Waals surface area contributed by atoms with Gasteiger partial charge >= 0.3 is 0 Å². The smallest absolute Gasteiger partial charge is 0.205 e. The summed E-state index contributed by atoms with van der Waals surface area (Å²) in [5.74, 6) is 0. The molecule has 0 radical (unpaired) electrons. The summed E-state index contributed by atoms with van der Waals surface area (Å²) in [6.07, 6.45) is -2.50. The van der Waals surface area contributed by atoms with E-state index in [9.17, 15) is 8.78 Å². The van der Waals surface area contributed by atoms with Crippen LogP contribution in [0.25, 0.3) is 10.1 Å². The molecule has 0 saturated carbocycles. The molecule has 0 aliphatic heterocycles. The Hall–Kier alpha value is -0.380. The number of rotatable bonds is 1. The van der Waals surface area contributed by atoms with Gasteiger partial charge in [0.1, 0.15) is 0 Å². The number of thiophene rings is 1. The Kier molecular flexibility index (Phi) is 2.64. The Morgan fingerprint density at radius 2 is 1.86 bits per heavy atom. The minimum atomic E-state index is -2.50. The van der Waals surface area contributed by atoms with Gasteiger partial charge in [-0.3, -0.25) is 0 Å². The third-order valence-corrected chi connectivity index (χ3v) is 3.66. The molecular weight excluding hydrogens is 249 g/mol. The molecule has 0 fully saturated rings. The van der Waals surface area contributed by atoms with Crippen molar-refractivity contribution in [1.82, 2.24) is 0 Å². The van der Waals surface area contributed by atoms with Crippen LogP contribution >= 0.6 is 34.5 Å². The van der Waals surface area contributed by atoms with Crippen LogP contribution < -0.4 is 0 Å². The first-order chi connectivity index (χ1) is 6.61. The highest BCUT2D eigenvalue weighted by Crippen LogP contribution is 2.40. The third-order valence-electron chi connectivity index (χ3n) is 1.89. The van der Waals surface area contributed by atoms with Crippen molar-refractivity contribution >= 4 is 44.6 Å². The minimum Gasteiger partial charge on any atom is -0.205 e. The van der Waals surface area contributed by atoms with E-state index in [0.29, 0.717) is 20.1 Å². The highest BCUT2D eigenvalue weighted by molar-refractivity contribution is 7.18. The molecule has 0 bridgehead atoms. The maximum absolute atomic E-state index is 12.6. The Morgan fingerprint density at radius 3 is 2.50 bits per heavy atom. The van der Waals surface area contributed by atoms with Crippen molar-refractivity contribution in [2.75, 3.05) is 0 Å². The second-order valence-corrected chi connectivity index (χ2v) is 4.42. The molecule has 0 spiro atoms. The average molecular weight is 253 g/mol. The third kappa shape index (κ3) is 1.49. The van der Waals surface area contributed by atoms with Gasteiger partial charge in [0.15, 0.2) is 0 Å². The van der Waals surface area contributed by atoms with E-state index in [-0.39, 0.29) is 5.56 Å². The van der Waals surface area contributed by atoms with Gasteiger partial charge in [-0.2, -0.15) is 0 Å². The molecule has 0 atom stereocenters. The standard InChI is InChI=1S/C9H4Cl2F2S/c10-5-2-1-4(9(12)13)8-7(5)6(11)3-14-8/h1-3,9H. The molecule has 0 saturated heterocycles. The van der Waals surface area contributed by atoms with Gasteiger partial charge in [0.05, 0.1) is 10.0 Å². The fraction of sp³-hybridized carbons (Fsp3) is 0.111. The molecule has 0 unspecified atom stereocenters. The lowest BCUT2D eigenvalue weighted by atomic mass is 10.2. The predicted molar refractivity (Wildman–Crippen MR) is 56.8 cm³/mol. The zero-order valence-corrected chi connectivity index (χ0v) is 9.06. The van der Waals surface area contributed by atoms with Crippen LogP contribution in [-0.4, -0.2) is 0 Å². The van der Waals surface area contributed by atoms with Gasteiger partial charge in [0.2, 0.25) is 0 Å². The van der Waals surface area contributed by atoms with Crippen LogP contribution in [0.3, 0.4) is 0 Å². The monoisotopic (exact) mass is 252 g/mol. The summed E-state index contributed by atoms with van der Waals surface area (Å²) in [6, 6.07) is 2.78. The minimum absolute atomic E-state index is 0.0127. The molecule has 14 heavy (non-hydrogen) atoms. The van der Waals surface area contributed by atoms with E-state index in [1.807, 2.05) is 0 Å². The van der Waals surface area contributed by atoms with E-state index in [2.05, 4.69) is 0 Å². The first kappa shape index (κ1) is 10.1. The first-order valence-electron chi connectivity index (χ1n) is 3.74. The average Bonchev–Trinajstić information content (AvgIpc) is 2.49. The highest BCUT2D eigenvalue weighted by Gasteiger charge is 2.16. The van der Waals surface area contributed by atoms with Gasteiger partial charge in [-0.15, -0.1) is 11.3 Å². The van der Waals surface area contributed by atoms with Crippen molar-refractivity contribution in [3.05, 3.63) is 33.1 Å². The quantitative estimate of drug-likeness (QED) is 0.659. The number of hydrogen-bond donors (Lipinski definition) is 0. The van der Waals surface area contributed by atoms with Gasteiger partial charge in [0.25, 0.3) is 6.43 Å². The number of hydrogen-bond acceptors (Lipinski definition) is 1. The van der Waals surface area contributed by atoms with Crippen LogP contribution in [0.2, 0.25) is 10.0 Å². The fourth-order valence-electron chi connectivity index (χ4n) is 1.27. The van der Waals surface area contributed by atoms with Crippen LogP contribution in [0.5, 0.6) is 0 Å². The molecule has 0 nitrogen and oxygen atoms in total. The van der Waals surface area contributed by atoms with Gasteiger partial charge < -0.3 is 0 Å². The zero-order chi connectivity index (χ0) is 10.3. The lowest BCUT2D eigenvalue weighted by Crippen LogP contribution is -1.83. The molecule has 74 valence electrons. The van der Waals surface area contributed by atoms with Crippen LogP contribution in [0, 0.1) is 0 Å². The molecular formula is C9H4Cl2F2S. The Balaban J connectivity index is 2.83. The summed E-state index contributed by atoms with van der Waals surface area (Å²) in [5.41, 5.74) is -0.0127. The summed E-state index contributed by atoms with van der Waals surface area (Å²) in [7, 11) is 0. The molecule has 5 heteroatoms. The molecule has 2 rings (SSSR count). The molecule has 1 heterocycles. The van der Waals surface area contributed by atoms with Crippen molar-refractivity contribution in [2.24, 2.45) is 0 Å². The van der Waals surface area contributed by atoms with Gasteiger partial charge in [-0.25, -0.2) is 8.78 Å². The highest BCUT2D eigenvalue weighted by atomic mass is 35.5. The van der Waals surface area contributed by atoms with Crippen molar-refractivity contribution in [3.63, 3.8) is 0 Å². The molecule has 2 aromatic rings. The fourth-order valence-corrected chi connectivity index (χ4v) is 2.99. The molecule has 0 aliphatic rings. The Morgan fingerprint density at radius 1 is 1.14 bits per heavy atom. The van der Waals surface area contributed by atoms with Crippen molar-refractivity contribution < 1.29 is 8.78 Å². The van der Waals surface area contributed by atoms with Gasteiger partial charge in [0, 0.05) is 21.0 Å². The van der Waals surface area contributed by atoms with Crippen LogP contribution in [0.15, 0.2) is 17.5 Å².